The lowest BCUT2D eigenvalue weighted by atomic mass is 9.84. The predicted molar refractivity (Wildman–Crippen MR) is 99.7 cm³/mol. The number of rotatable bonds is 5. The van der Waals surface area contributed by atoms with E-state index in [0.717, 1.165) is 18.5 Å². The van der Waals surface area contributed by atoms with E-state index in [0.29, 0.717) is 24.3 Å². The second-order valence-corrected chi connectivity index (χ2v) is 7.70. The van der Waals surface area contributed by atoms with Crippen LogP contribution < -0.4 is 11.1 Å². The van der Waals surface area contributed by atoms with Crippen LogP contribution >= 0.6 is 36.2 Å². The molecule has 3 N–H and O–H groups in total. The van der Waals surface area contributed by atoms with Crippen molar-refractivity contribution in [3.8, 4) is 0 Å². The molecular weight excluding hydrogens is 353 g/mol. The number of aromatic nitrogens is 1. The van der Waals surface area contributed by atoms with Gasteiger partial charge in [-0.05, 0) is 31.1 Å². The van der Waals surface area contributed by atoms with Crippen molar-refractivity contribution >= 4 is 42.1 Å². The van der Waals surface area contributed by atoms with Gasteiger partial charge in [-0.25, -0.2) is 4.98 Å². The minimum Gasteiger partial charge on any atom is -0.355 e. The van der Waals surface area contributed by atoms with Crippen molar-refractivity contribution in [2.24, 2.45) is 23.5 Å². The highest BCUT2D eigenvalue weighted by atomic mass is 35.5. The van der Waals surface area contributed by atoms with Crippen molar-refractivity contribution < 1.29 is 4.79 Å². The van der Waals surface area contributed by atoms with Gasteiger partial charge in [-0.1, -0.05) is 13.8 Å². The summed E-state index contributed by atoms with van der Waals surface area (Å²) in [7, 11) is 0. The number of hydrogen-bond acceptors (Lipinski definition) is 4. The number of thiazole rings is 1. The Kier molecular flexibility index (Phi) is 7.78. The Morgan fingerprint density at radius 3 is 2.65 bits per heavy atom. The topological polar surface area (TPSA) is 68.0 Å². The van der Waals surface area contributed by atoms with Crippen LogP contribution in [0.3, 0.4) is 0 Å². The Morgan fingerprint density at radius 1 is 1.39 bits per heavy atom. The fraction of sp³-hybridized carbons (Fsp3) is 0.750. The van der Waals surface area contributed by atoms with Crippen molar-refractivity contribution in [3.05, 3.63) is 16.1 Å². The van der Waals surface area contributed by atoms with Gasteiger partial charge in [-0.3, -0.25) is 4.79 Å². The van der Waals surface area contributed by atoms with Gasteiger partial charge in [0.2, 0.25) is 5.91 Å². The molecule has 3 rings (SSSR count). The first-order valence-electron chi connectivity index (χ1n) is 8.04. The third kappa shape index (κ3) is 4.38. The summed E-state index contributed by atoms with van der Waals surface area (Å²) in [6.07, 6.45) is 4.36. The van der Waals surface area contributed by atoms with Gasteiger partial charge in [-0.15, -0.1) is 36.2 Å². The fourth-order valence-electron chi connectivity index (χ4n) is 3.86. The average Bonchev–Trinajstić information content (AvgIpc) is 3.13. The number of halogens is 2. The van der Waals surface area contributed by atoms with Gasteiger partial charge in [0, 0.05) is 30.3 Å². The first-order chi connectivity index (χ1) is 10.1. The lowest BCUT2D eigenvalue weighted by molar-refractivity contribution is -0.127. The summed E-state index contributed by atoms with van der Waals surface area (Å²) in [5, 5.41) is 6.35. The number of hydrogen-bond donors (Lipinski definition) is 2. The predicted octanol–water partition coefficient (Wildman–Crippen LogP) is 3.14. The molecule has 0 saturated heterocycles. The molecule has 2 bridgehead atoms. The van der Waals surface area contributed by atoms with Crippen molar-refractivity contribution in [3.63, 3.8) is 0 Å². The zero-order chi connectivity index (χ0) is 15.0. The highest BCUT2D eigenvalue weighted by Crippen LogP contribution is 2.47. The van der Waals surface area contributed by atoms with E-state index >= 15 is 0 Å². The fourth-order valence-corrected chi connectivity index (χ4v) is 4.73. The Morgan fingerprint density at radius 2 is 2.09 bits per heavy atom. The zero-order valence-corrected chi connectivity index (χ0v) is 16.1. The first kappa shape index (κ1) is 20.7. The van der Waals surface area contributed by atoms with Crippen LogP contribution in [0.5, 0.6) is 0 Å². The van der Waals surface area contributed by atoms with Crippen LogP contribution in [0, 0.1) is 17.8 Å². The van der Waals surface area contributed by atoms with Crippen LogP contribution in [-0.2, 0) is 11.2 Å². The van der Waals surface area contributed by atoms with Crippen molar-refractivity contribution in [1.29, 1.82) is 0 Å². The van der Waals surface area contributed by atoms with Crippen molar-refractivity contribution in [1.82, 2.24) is 10.3 Å². The second kappa shape index (κ2) is 8.65. The molecule has 1 amide bonds. The largest absolute Gasteiger partial charge is 0.355 e. The molecule has 1 aromatic heterocycles. The molecule has 7 heteroatoms. The van der Waals surface area contributed by atoms with Crippen LogP contribution in [0.2, 0.25) is 0 Å². The Labute approximate surface area is 154 Å². The lowest BCUT2D eigenvalue weighted by Gasteiger charge is -2.26. The summed E-state index contributed by atoms with van der Waals surface area (Å²) < 4.78 is 0. The van der Waals surface area contributed by atoms with E-state index in [1.165, 1.54) is 17.8 Å². The van der Waals surface area contributed by atoms with Crippen LogP contribution in [0.4, 0.5) is 0 Å². The van der Waals surface area contributed by atoms with E-state index in [1.54, 1.807) is 11.3 Å². The van der Waals surface area contributed by atoms with E-state index < -0.39 is 0 Å². The molecule has 23 heavy (non-hydrogen) atoms. The molecule has 4 atom stereocenters. The molecule has 0 aliphatic heterocycles. The highest BCUT2D eigenvalue weighted by Gasteiger charge is 2.48. The van der Waals surface area contributed by atoms with E-state index in [2.05, 4.69) is 29.5 Å². The van der Waals surface area contributed by atoms with Crippen molar-refractivity contribution in [2.75, 3.05) is 6.54 Å². The average molecular weight is 380 g/mol. The molecule has 2 saturated carbocycles. The summed E-state index contributed by atoms with van der Waals surface area (Å²) in [6, 6.07) is 0.0792. The third-order valence-electron chi connectivity index (χ3n) is 5.03. The van der Waals surface area contributed by atoms with Gasteiger partial charge < -0.3 is 11.1 Å². The molecule has 1 heterocycles. The molecule has 4 unspecified atom stereocenters. The van der Waals surface area contributed by atoms with Gasteiger partial charge >= 0.3 is 0 Å². The number of nitrogens with zero attached hydrogens (tertiary/aromatic N) is 1. The van der Waals surface area contributed by atoms with Crippen LogP contribution in [0.1, 0.15) is 49.7 Å². The second-order valence-electron chi connectivity index (χ2n) is 6.81. The number of fused-ring (bicyclic) bond motifs is 2. The summed E-state index contributed by atoms with van der Waals surface area (Å²) >= 11 is 1.71. The van der Waals surface area contributed by atoms with Crippen LogP contribution in [0.25, 0.3) is 0 Å². The molecule has 0 spiro atoms. The van der Waals surface area contributed by atoms with E-state index in [9.17, 15) is 4.79 Å². The Balaban J connectivity index is 0.00000132. The number of carbonyl (C=O) groups is 1. The third-order valence-corrected chi connectivity index (χ3v) is 6.22. The summed E-state index contributed by atoms with van der Waals surface area (Å²) in [5.74, 6) is 1.79. The van der Waals surface area contributed by atoms with Crippen LogP contribution in [0.15, 0.2) is 5.38 Å². The molecule has 2 fully saturated rings. The van der Waals surface area contributed by atoms with E-state index in [-0.39, 0.29) is 42.7 Å². The maximum Gasteiger partial charge on any atom is 0.224 e. The quantitative estimate of drug-likeness (QED) is 0.825. The Bertz CT molecular complexity index is 521. The monoisotopic (exact) mass is 379 g/mol. The smallest absolute Gasteiger partial charge is 0.224 e. The zero-order valence-electron chi connectivity index (χ0n) is 13.7. The first-order valence-corrected chi connectivity index (χ1v) is 8.91. The SMILES string of the molecule is CC(C)c1nc(CCNC(=O)C2C3CCC(C3)C2N)cs1.Cl.Cl. The summed E-state index contributed by atoms with van der Waals surface area (Å²) in [4.78, 5) is 16.9. The van der Waals surface area contributed by atoms with Crippen LogP contribution in [-0.4, -0.2) is 23.5 Å². The molecule has 4 nitrogen and oxygen atoms in total. The van der Waals surface area contributed by atoms with Crippen molar-refractivity contribution in [2.45, 2.75) is 51.5 Å². The van der Waals surface area contributed by atoms with Gasteiger partial charge in [-0.2, -0.15) is 0 Å². The number of carbonyl (C=O) groups excluding carboxylic acids is 1. The van der Waals surface area contributed by atoms with E-state index in [4.69, 9.17) is 5.73 Å². The number of amides is 1. The van der Waals surface area contributed by atoms with E-state index in [1.807, 2.05) is 0 Å². The maximum absolute atomic E-state index is 12.3. The Hall–Kier alpha value is -0.360. The molecule has 2 aliphatic rings. The lowest BCUT2D eigenvalue weighted by Crippen LogP contribution is -2.45. The minimum absolute atomic E-state index is 0. The maximum atomic E-state index is 12.3. The van der Waals surface area contributed by atoms with Gasteiger partial charge in [0.25, 0.3) is 0 Å². The molecule has 132 valence electrons. The molecular formula is C16H27Cl2N3OS. The summed E-state index contributed by atoms with van der Waals surface area (Å²) in [5.41, 5.74) is 7.30. The molecule has 1 aromatic rings. The molecule has 0 aromatic carbocycles. The summed E-state index contributed by atoms with van der Waals surface area (Å²) in [6.45, 7) is 4.97. The normalized spacial score (nSPS) is 28.3. The van der Waals surface area contributed by atoms with Gasteiger partial charge in [0.15, 0.2) is 0 Å². The number of nitrogens with two attached hydrogens (primary N) is 1. The van der Waals surface area contributed by atoms with Gasteiger partial charge in [0.1, 0.15) is 0 Å². The molecule has 0 radical (unpaired) electrons. The van der Waals surface area contributed by atoms with Gasteiger partial charge in [0.05, 0.1) is 16.6 Å². The minimum atomic E-state index is 0. The molecule has 2 aliphatic carbocycles. The standard InChI is InChI=1S/C16H25N3OS.2ClH/c1-9(2)16-19-12(8-21-16)5-6-18-15(20)13-10-3-4-11(7-10)14(13)17;;/h8-11,13-14H,3-7,17H2,1-2H3,(H,18,20);2*1H. The highest BCUT2D eigenvalue weighted by molar-refractivity contribution is 7.09. The number of nitrogens with one attached hydrogen (secondary N) is 1.